The van der Waals surface area contributed by atoms with Crippen molar-refractivity contribution in [3.05, 3.63) is 131 Å². The number of morpholine rings is 1. The summed E-state index contributed by atoms with van der Waals surface area (Å²) in [6.07, 6.45) is 6.06. The van der Waals surface area contributed by atoms with Gasteiger partial charge in [-0.3, -0.25) is 68.0 Å². The van der Waals surface area contributed by atoms with Gasteiger partial charge in [0, 0.05) is 110 Å². The monoisotopic (exact) mass is 1670 g/mol. The lowest BCUT2D eigenvalue weighted by atomic mass is 9.95. The Hall–Kier alpha value is -9.81. The van der Waals surface area contributed by atoms with Crippen LogP contribution in [0.3, 0.4) is 0 Å². The van der Waals surface area contributed by atoms with Gasteiger partial charge < -0.3 is 71.1 Å². The third-order valence-electron chi connectivity index (χ3n) is 22.9. The van der Waals surface area contributed by atoms with Gasteiger partial charge in [0.05, 0.1) is 79.1 Å². The van der Waals surface area contributed by atoms with E-state index in [9.17, 15) is 52.7 Å². The van der Waals surface area contributed by atoms with Crippen LogP contribution in [0.5, 0.6) is 0 Å². The highest BCUT2D eigenvalue weighted by Crippen LogP contribution is 2.38. The van der Waals surface area contributed by atoms with Crippen molar-refractivity contribution in [1.29, 1.82) is 0 Å². The zero-order valence-corrected chi connectivity index (χ0v) is 74.2. The SMILES string of the molecule is CCN1C(=O)C(NC)C=C(c2ccccc2)c2ccccc21.CCN1C(=O)C(NC)CN(C(=O)CO)c2ccccc21.CNC1CCC(=O)N(C)N(C(C)C)C1=O.CNC1CCC(=O)N2CC[C@@H](C)N2C1=O.CNC1CN(C)CCN(C(C)C)C1=O.CNC1Cc2ccccc2C2COC[C@@H](C)N2C1=O.CNN1CCC(=O)N(C)N(C(C)C)C1=O. The molecule has 0 aliphatic carbocycles. The Labute approximate surface area is 709 Å². The van der Waals surface area contributed by atoms with Crippen molar-refractivity contribution in [1.82, 2.24) is 87.1 Å². The van der Waals surface area contributed by atoms with Crippen molar-refractivity contribution < 1.29 is 62.6 Å². The average molecular weight is 1670 g/mol. The zero-order valence-electron chi connectivity index (χ0n) is 74.2. The summed E-state index contributed by atoms with van der Waals surface area (Å²) in [5.74, 6) is 0.0538. The lowest BCUT2D eigenvalue weighted by molar-refractivity contribution is -0.162. The fourth-order valence-corrected chi connectivity index (χ4v) is 16.2. The quantitative estimate of drug-likeness (QED) is 0.0893. The number of rotatable bonds is 14. The summed E-state index contributed by atoms with van der Waals surface area (Å²) in [7, 11) is 17.7. The second kappa shape index (κ2) is 46.3. The number of aliphatic hydroxyl groups excluding tert-OH is 1. The van der Waals surface area contributed by atoms with Crippen LogP contribution >= 0.6 is 0 Å². The molecule has 9 atom stereocenters. The molecule has 6 saturated heterocycles. The van der Waals surface area contributed by atoms with Crippen LogP contribution in [-0.2, 0) is 59.1 Å². The first-order valence-corrected chi connectivity index (χ1v) is 42.1. The van der Waals surface area contributed by atoms with Crippen LogP contribution in [0.4, 0.5) is 21.9 Å². The highest BCUT2D eigenvalue weighted by molar-refractivity contribution is 6.08. The number of hydrogen-bond acceptors (Lipinski definition) is 21. The van der Waals surface area contributed by atoms with Gasteiger partial charge in [-0.05, 0) is 191 Å². The number of amides is 12. The number of ether oxygens (including phenoxy) is 1. The lowest BCUT2D eigenvalue weighted by Gasteiger charge is -2.41. The molecule has 9 aliphatic rings. The average Bonchev–Trinajstić information content (AvgIpc) is 1.61. The van der Waals surface area contributed by atoms with E-state index in [-0.39, 0.29) is 126 Å². The molecule has 8 N–H and O–H groups in total. The van der Waals surface area contributed by atoms with E-state index in [1.807, 2.05) is 157 Å². The van der Waals surface area contributed by atoms with E-state index in [0.29, 0.717) is 88.9 Å². The maximum absolute atomic E-state index is 12.8. The van der Waals surface area contributed by atoms with Crippen molar-refractivity contribution in [2.24, 2.45) is 0 Å². The number of aliphatic hydroxyl groups is 1. The molecule has 33 nitrogen and oxygen atoms in total. The number of fused-ring (bicyclic) bond motifs is 6. The first-order valence-electron chi connectivity index (χ1n) is 42.1. The molecule has 13 rings (SSSR count). The van der Waals surface area contributed by atoms with Crippen LogP contribution in [0.15, 0.2) is 109 Å². The normalized spacial score (nSPS) is 23.5. The molecular formula is C87H134N20O13. The molecule has 120 heavy (non-hydrogen) atoms. The molecule has 6 fully saturated rings. The van der Waals surface area contributed by atoms with Crippen LogP contribution in [0.1, 0.15) is 136 Å². The number of carbonyl (C=O) groups is 11. The summed E-state index contributed by atoms with van der Waals surface area (Å²) >= 11 is 0. The number of benzene rings is 4. The topological polar surface area (TPSA) is 344 Å². The fourth-order valence-electron chi connectivity index (χ4n) is 16.2. The number of nitrogens with one attached hydrogen (secondary N) is 7. The van der Waals surface area contributed by atoms with Crippen LogP contribution in [-0.4, -0.2) is 329 Å². The number of para-hydroxylation sites is 3. The van der Waals surface area contributed by atoms with Crippen LogP contribution < -0.4 is 52.0 Å². The Kier molecular flexibility index (Phi) is 37.5. The summed E-state index contributed by atoms with van der Waals surface area (Å²) < 4.78 is 5.67. The molecule has 9 heterocycles. The molecule has 9 aliphatic heterocycles. The van der Waals surface area contributed by atoms with Crippen LogP contribution in [0.2, 0.25) is 0 Å². The Morgan fingerprint density at radius 2 is 1.04 bits per heavy atom. The van der Waals surface area contributed by atoms with Crippen molar-refractivity contribution in [3.8, 4) is 0 Å². The van der Waals surface area contributed by atoms with Gasteiger partial charge in [-0.1, -0.05) is 84.9 Å². The van der Waals surface area contributed by atoms with Crippen molar-refractivity contribution in [2.45, 2.75) is 187 Å². The van der Waals surface area contributed by atoms with E-state index in [1.54, 1.807) is 63.3 Å². The molecule has 0 spiro atoms. The predicted molar refractivity (Wildman–Crippen MR) is 465 cm³/mol. The van der Waals surface area contributed by atoms with Gasteiger partial charge in [0.15, 0.2) is 0 Å². The van der Waals surface area contributed by atoms with Gasteiger partial charge in [0.2, 0.25) is 41.4 Å². The maximum Gasteiger partial charge on any atom is 0.353 e. The Morgan fingerprint density at radius 1 is 0.500 bits per heavy atom. The number of hydrogen-bond donors (Lipinski definition) is 8. The van der Waals surface area contributed by atoms with Crippen molar-refractivity contribution in [2.75, 3.05) is 157 Å². The van der Waals surface area contributed by atoms with Crippen LogP contribution in [0, 0.1) is 0 Å². The number of hydrazine groups is 4. The summed E-state index contributed by atoms with van der Waals surface area (Å²) in [6.45, 7) is 25.4. The summed E-state index contributed by atoms with van der Waals surface area (Å²) in [5, 5.41) is 37.9. The third-order valence-corrected chi connectivity index (χ3v) is 22.9. The number of urea groups is 1. The maximum atomic E-state index is 12.8. The highest BCUT2D eigenvalue weighted by atomic mass is 16.5. The lowest BCUT2D eigenvalue weighted by Crippen LogP contribution is -2.55. The molecule has 0 bridgehead atoms. The third kappa shape index (κ3) is 23.5. The molecule has 7 unspecified atom stereocenters. The van der Waals surface area contributed by atoms with E-state index >= 15 is 0 Å². The summed E-state index contributed by atoms with van der Waals surface area (Å²) in [6, 6.07) is 32.9. The van der Waals surface area contributed by atoms with Crippen molar-refractivity contribution >= 4 is 87.7 Å². The van der Waals surface area contributed by atoms with Gasteiger partial charge in [0.25, 0.3) is 17.7 Å². The van der Waals surface area contributed by atoms with Gasteiger partial charge in [-0.15, -0.1) is 0 Å². The standard InChI is InChI=1S/C19H20N2O.C15H20N2O2.C14H19N3O3.C10H17N3O2.C10H19N3O2.C10H21N3O.C9H18N4O2/c1-3-21-18-12-8-7-11-15(18)16(13-17(20-2)19(21)22)14-9-5-4-6-10-14;1-10-8-19-9-14-12-6-4-3-5-11(12)7-13(16-2)15(18)17(10)14;1-3-16-11-6-4-5-7-12(11)17(13(19)9-18)8-10(15-2)14(16)20;1-7-5-6-12-9(14)4-3-8(11-2)10(15)13(7)12;1-7(2)13-10(15)8(11-3)5-6-9(14)12(13)4;1-8(2)13-6-5-12(4)7-9(11-3)10(13)14;1-7(2)13-9(15)12(10-3)6-5-8(14)11(13)4/h4-13,17,20H,3H2,1-2H3;3-6,10,13-14,16H,7-9H2,1-2H3;4-7,10,15,18H,3,8-9H2,1-2H3;7-8,11H,3-6H2,1-2H3;7-8,11H,5-6H2,1-4H3;8-9,11H,5-7H2,1-4H3;7,10H,5-6H2,1-4H3/t;10-,13?,14?;;7-,8?;;;/m.1.1.../s1. The predicted octanol–water partition coefficient (Wildman–Crippen LogP) is 3.66. The number of likely N-dealkylation sites (N-methyl/N-ethyl adjacent to an activating group) is 9. The minimum Gasteiger partial charge on any atom is -0.387 e. The minimum atomic E-state index is -0.578. The molecule has 660 valence electrons. The van der Waals surface area contributed by atoms with E-state index in [1.165, 1.54) is 41.1 Å². The summed E-state index contributed by atoms with van der Waals surface area (Å²) in [4.78, 5) is 144. The Morgan fingerprint density at radius 3 is 1.62 bits per heavy atom. The van der Waals surface area contributed by atoms with Crippen molar-refractivity contribution in [3.63, 3.8) is 0 Å². The second-order valence-electron chi connectivity index (χ2n) is 31.6. The highest BCUT2D eigenvalue weighted by Gasteiger charge is 2.44. The fraction of sp³-hybridized carbons (Fsp3) is 0.575. The van der Waals surface area contributed by atoms with Gasteiger partial charge in [0.1, 0.15) is 18.7 Å². The Bertz CT molecular complexity index is 4070. The minimum absolute atomic E-state index is 0.000370. The summed E-state index contributed by atoms with van der Waals surface area (Å²) in [5.41, 5.74) is 10.9. The first kappa shape index (κ1) is 97.3. The number of anilines is 3. The molecular weight excluding hydrogens is 1530 g/mol. The molecule has 33 heteroatoms. The van der Waals surface area contributed by atoms with Gasteiger partial charge >= 0.3 is 6.03 Å². The second-order valence-corrected chi connectivity index (χ2v) is 31.6. The molecule has 0 aromatic heterocycles. The van der Waals surface area contributed by atoms with E-state index in [0.717, 1.165) is 54.9 Å². The largest absolute Gasteiger partial charge is 0.387 e. The van der Waals surface area contributed by atoms with E-state index in [4.69, 9.17) is 9.84 Å². The van der Waals surface area contributed by atoms with E-state index in [2.05, 4.69) is 100 Å². The van der Waals surface area contributed by atoms with Gasteiger partial charge in [-0.2, -0.15) is 0 Å². The smallest absolute Gasteiger partial charge is 0.353 e. The molecule has 0 saturated carbocycles. The van der Waals surface area contributed by atoms with E-state index < -0.39 is 18.6 Å². The molecule has 4 aromatic rings. The number of nitrogens with zero attached hydrogens (tertiary/aromatic N) is 13. The molecule has 4 aromatic carbocycles. The van der Waals surface area contributed by atoms with Crippen LogP contribution in [0.25, 0.3) is 5.57 Å². The molecule has 0 radical (unpaired) electrons. The molecule has 12 amide bonds. The first-order chi connectivity index (χ1) is 57.3. The van der Waals surface area contributed by atoms with Gasteiger partial charge in [-0.25, -0.2) is 25.2 Å². The Balaban J connectivity index is 0.000000194. The number of carbonyl (C=O) groups excluding carboxylic acids is 11. The zero-order chi connectivity index (χ0) is 88.5.